The summed E-state index contributed by atoms with van der Waals surface area (Å²) >= 11 is 0. The van der Waals surface area contributed by atoms with Gasteiger partial charge < -0.3 is 20.3 Å². The fraction of sp³-hybridized carbons (Fsp3) is 0.367. The Morgan fingerprint density at radius 2 is 1.70 bits per heavy atom. The monoisotopic (exact) mass is 498 g/mol. The molecule has 37 heavy (non-hydrogen) atoms. The molecule has 192 valence electrons. The molecule has 0 aliphatic carbocycles. The largest absolute Gasteiger partial charge is 0.496 e. The summed E-state index contributed by atoms with van der Waals surface area (Å²) < 4.78 is 5.38. The number of aromatic nitrogens is 1. The van der Waals surface area contributed by atoms with Crippen molar-refractivity contribution in [3.05, 3.63) is 89.1 Å². The Morgan fingerprint density at radius 1 is 0.973 bits per heavy atom. The zero-order valence-electron chi connectivity index (χ0n) is 21.6. The third-order valence-corrected chi connectivity index (χ3v) is 7.74. The fourth-order valence-electron chi connectivity index (χ4n) is 5.79. The van der Waals surface area contributed by atoms with Crippen molar-refractivity contribution in [3.8, 4) is 5.75 Å². The lowest BCUT2D eigenvalue weighted by Crippen LogP contribution is -2.50. The molecule has 2 aromatic carbocycles. The second-order valence-corrected chi connectivity index (χ2v) is 10.1. The predicted octanol–water partition coefficient (Wildman–Crippen LogP) is 4.82. The average Bonchev–Trinajstić information content (AvgIpc) is 3.19. The molecule has 2 N–H and O–H groups in total. The topological polar surface area (TPSA) is 83.6 Å². The van der Waals surface area contributed by atoms with E-state index < -0.39 is 0 Å². The van der Waals surface area contributed by atoms with Gasteiger partial charge in [-0.1, -0.05) is 36.4 Å². The number of carbonyl (C=O) groups is 2. The van der Waals surface area contributed by atoms with Gasteiger partial charge in [0, 0.05) is 35.4 Å². The molecule has 0 spiro atoms. The van der Waals surface area contributed by atoms with E-state index in [9.17, 15) is 9.59 Å². The molecule has 2 amide bonds. The van der Waals surface area contributed by atoms with Gasteiger partial charge in [-0.25, -0.2) is 4.98 Å². The second-order valence-electron chi connectivity index (χ2n) is 10.1. The van der Waals surface area contributed by atoms with Crippen molar-refractivity contribution < 1.29 is 14.3 Å². The number of rotatable bonds is 7. The minimum atomic E-state index is -0.132. The third kappa shape index (κ3) is 5.17. The molecule has 2 saturated heterocycles. The summed E-state index contributed by atoms with van der Waals surface area (Å²) in [6, 6.07) is 20.0. The summed E-state index contributed by atoms with van der Waals surface area (Å²) in [6.45, 7) is 3.89. The van der Waals surface area contributed by atoms with E-state index in [0.717, 1.165) is 48.4 Å². The van der Waals surface area contributed by atoms with Gasteiger partial charge in [-0.3, -0.25) is 9.59 Å². The molecule has 4 atom stereocenters. The maximum absolute atomic E-state index is 13.0. The molecule has 3 aromatic rings. The van der Waals surface area contributed by atoms with Crippen LogP contribution in [0.5, 0.6) is 5.75 Å². The molecule has 2 bridgehead atoms. The van der Waals surface area contributed by atoms with Crippen LogP contribution in [0.1, 0.15) is 70.5 Å². The fourth-order valence-corrected chi connectivity index (χ4v) is 5.79. The zero-order valence-corrected chi connectivity index (χ0v) is 21.6. The van der Waals surface area contributed by atoms with Crippen molar-refractivity contribution in [2.24, 2.45) is 0 Å². The molecule has 2 fully saturated rings. The van der Waals surface area contributed by atoms with E-state index in [2.05, 4.69) is 20.5 Å². The number of fused-ring (bicyclic) bond motifs is 2. The van der Waals surface area contributed by atoms with Crippen LogP contribution in [0, 0.1) is 6.92 Å². The van der Waals surface area contributed by atoms with E-state index in [1.54, 1.807) is 13.3 Å². The lowest BCUT2D eigenvalue weighted by molar-refractivity contribution is 0.0922. The van der Waals surface area contributed by atoms with E-state index in [-0.39, 0.29) is 23.9 Å². The van der Waals surface area contributed by atoms with Crippen molar-refractivity contribution in [1.82, 2.24) is 15.6 Å². The van der Waals surface area contributed by atoms with Crippen LogP contribution >= 0.6 is 0 Å². The van der Waals surface area contributed by atoms with Crippen molar-refractivity contribution in [3.63, 3.8) is 0 Å². The first-order valence-corrected chi connectivity index (χ1v) is 13.0. The van der Waals surface area contributed by atoms with Crippen LogP contribution in [-0.4, -0.2) is 42.0 Å². The highest BCUT2D eigenvalue weighted by Gasteiger charge is 2.42. The van der Waals surface area contributed by atoms with Crippen LogP contribution in [0.4, 0.5) is 5.82 Å². The lowest BCUT2D eigenvalue weighted by Gasteiger charge is -2.40. The summed E-state index contributed by atoms with van der Waals surface area (Å²) in [6.07, 6.45) is 5.58. The van der Waals surface area contributed by atoms with E-state index in [1.165, 1.54) is 0 Å². The molecular weight excluding hydrogens is 464 g/mol. The number of carbonyl (C=O) groups excluding carboxylic acids is 2. The Hall–Kier alpha value is -3.87. The molecular formula is C30H34N4O3. The van der Waals surface area contributed by atoms with E-state index in [0.29, 0.717) is 23.2 Å². The number of pyridine rings is 1. The number of piperidine rings is 1. The molecule has 0 saturated carbocycles. The summed E-state index contributed by atoms with van der Waals surface area (Å²) in [7, 11) is 1.62. The van der Waals surface area contributed by atoms with E-state index in [4.69, 9.17) is 4.74 Å². The SMILES string of the molecule is COc1cccc(C(=O)NC2CC3CC[C@@H](C2)N3c2ccc(C(=O)NC(C)c3ccccc3)cn2)c1C. The number of methoxy groups -OCH3 is 1. The van der Waals surface area contributed by atoms with Crippen molar-refractivity contribution in [2.45, 2.75) is 63.7 Å². The Labute approximate surface area is 218 Å². The summed E-state index contributed by atoms with van der Waals surface area (Å²) in [5.74, 6) is 1.44. The number of nitrogens with one attached hydrogen (secondary N) is 2. The van der Waals surface area contributed by atoms with Gasteiger partial charge in [-0.15, -0.1) is 0 Å². The average molecular weight is 499 g/mol. The zero-order chi connectivity index (χ0) is 25.9. The lowest BCUT2D eigenvalue weighted by atomic mass is 9.96. The molecule has 2 aliphatic rings. The number of ether oxygens (including phenoxy) is 1. The Balaban J connectivity index is 1.21. The summed E-state index contributed by atoms with van der Waals surface area (Å²) in [4.78, 5) is 32.9. The maximum atomic E-state index is 13.0. The highest BCUT2D eigenvalue weighted by molar-refractivity contribution is 5.96. The molecule has 2 aliphatic heterocycles. The molecule has 3 heterocycles. The van der Waals surface area contributed by atoms with Crippen LogP contribution in [-0.2, 0) is 0 Å². The highest BCUT2D eigenvalue weighted by Crippen LogP contribution is 2.38. The third-order valence-electron chi connectivity index (χ3n) is 7.74. The smallest absolute Gasteiger partial charge is 0.253 e. The number of anilines is 1. The van der Waals surface area contributed by atoms with Gasteiger partial charge in [0.15, 0.2) is 0 Å². The molecule has 1 aromatic heterocycles. The molecule has 3 unspecified atom stereocenters. The Morgan fingerprint density at radius 3 is 2.35 bits per heavy atom. The minimum absolute atomic E-state index is 0.0486. The van der Waals surface area contributed by atoms with E-state index >= 15 is 0 Å². The van der Waals surface area contributed by atoms with Crippen LogP contribution in [0.25, 0.3) is 0 Å². The number of hydrogen-bond donors (Lipinski definition) is 2. The van der Waals surface area contributed by atoms with Gasteiger partial charge in [-0.05, 0) is 69.4 Å². The maximum Gasteiger partial charge on any atom is 0.253 e. The predicted molar refractivity (Wildman–Crippen MR) is 144 cm³/mol. The quantitative estimate of drug-likeness (QED) is 0.488. The van der Waals surface area contributed by atoms with Gasteiger partial charge in [0.1, 0.15) is 11.6 Å². The number of amides is 2. The second kappa shape index (κ2) is 10.6. The van der Waals surface area contributed by atoms with Gasteiger partial charge in [0.2, 0.25) is 0 Å². The highest BCUT2D eigenvalue weighted by atomic mass is 16.5. The molecule has 7 nitrogen and oxygen atoms in total. The van der Waals surface area contributed by atoms with E-state index in [1.807, 2.05) is 74.5 Å². The van der Waals surface area contributed by atoms with Crippen molar-refractivity contribution >= 4 is 17.6 Å². The first-order chi connectivity index (χ1) is 17.9. The number of hydrogen-bond acceptors (Lipinski definition) is 5. The van der Waals surface area contributed by atoms with Gasteiger partial charge >= 0.3 is 0 Å². The molecule has 5 rings (SSSR count). The van der Waals surface area contributed by atoms with Gasteiger partial charge in [0.05, 0.1) is 18.7 Å². The number of nitrogens with zero attached hydrogens (tertiary/aromatic N) is 2. The Kier molecular flexibility index (Phi) is 7.12. The van der Waals surface area contributed by atoms with Crippen LogP contribution in [0.2, 0.25) is 0 Å². The standard InChI is InChI=1S/C30H34N4O3/c1-19-26(10-7-11-27(19)37-3)30(36)33-23-16-24-13-14-25(17-23)34(24)28-15-12-22(18-31-28)29(35)32-20(2)21-8-5-4-6-9-21/h4-12,15,18,20,23-25H,13-14,16-17H2,1-3H3,(H,32,35)(H,33,36)/t20?,23?,24-,25?/m0/s1. The van der Waals surface area contributed by atoms with Crippen LogP contribution in [0.3, 0.4) is 0 Å². The molecule has 0 radical (unpaired) electrons. The Bertz CT molecular complexity index is 1250. The minimum Gasteiger partial charge on any atom is -0.496 e. The number of benzene rings is 2. The first-order valence-electron chi connectivity index (χ1n) is 13.0. The van der Waals surface area contributed by atoms with Crippen LogP contribution < -0.4 is 20.3 Å². The van der Waals surface area contributed by atoms with Crippen LogP contribution in [0.15, 0.2) is 66.9 Å². The van der Waals surface area contributed by atoms with Gasteiger partial charge in [-0.2, -0.15) is 0 Å². The van der Waals surface area contributed by atoms with Gasteiger partial charge in [0.25, 0.3) is 11.8 Å². The normalized spacial score (nSPS) is 21.3. The van der Waals surface area contributed by atoms with Crippen molar-refractivity contribution in [2.75, 3.05) is 12.0 Å². The first kappa shape index (κ1) is 24.8. The van der Waals surface area contributed by atoms with Crippen molar-refractivity contribution in [1.29, 1.82) is 0 Å². The molecule has 7 heteroatoms. The summed E-state index contributed by atoms with van der Waals surface area (Å²) in [5.41, 5.74) is 3.13. The summed E-state index contributed by atoms with van der Waals surface area (Å²) in [5, 5.41) is 6.31.